The minimum Gasteiger partial charge on any atom is -0.455 e. The van der Waals surface area contributed by atoms with Crippen molar-refractivity contribution in [3.8, 4) is 0 Å². The lowest BCUT2D eigenvalue weighted by molar-refractivity contribution is 0.112. The summed E-state index contributed by atoms with van der Waals surface area (Å²) in [4.78, 5) is 23.3. The Morgan fingerprint density at radius 3 is 2.67 bits per heavy atom. The molecule has 0 aliphatic heterocycles. The summed E-state index contributed by atoms with van der Waals surface area (Å²) < 4.78 is 5.61. The molecule has 1 heterocycles. The van der Waals surface area contributed by atoms with Crippen molar-refractivity contribution in [3.63, 3.8) is 0 Å². The quantitative estimate of drug-likeness (QED) is 0.496. The first kappa shape index (κ1) is 11.0. The Labute approximate surface area is 107 Å². The van der Waals surface area contributed by atoms with Crippen LogP contribution in [0.1, 0.15) is 10.4 Å². The van der Waals surface area contributed by atoms with E-state index in [4.69, 9.17) is 16.0 Å². The summed E-state index contributed by atoms with van der Waals surface area (Å²) in [6.45, 7) is 0. The van der Waals surface area contributed by atoms with Gasteiger partial charge in [-0.3, -0.25) is 9.59 Å². The molecule has 0 unspecified atom stereocenters. The predicted octanol–water partition coefficient (Wildman–Crippen LogP) is 3.41. The van der Waals surface area contributed by atoms with Crippen molar-refractivity contribution in [1.82, 2.24) is 0 Å². The van der Waals surface area contributed by atoms with E-state index >= 15 is 0 Å². The van der Waals surface area contributed by atoms with E-state index in [2.05, 4.69) is 0 Å². The van der Waals surface area contributed by atoms with E-state index in [-0.39, 0.29) is 16.6 Å². The van der Waals surface area contributed by atoms with Gasteiger partial charge in [-0.05, 0) is 24.3 Å². The smallest absolute Gasteiger partial charge is 0.200 e. The number of carbonyl (C=O) groups is 1. The Bertz CT molecular complexity index is 833. The van der Waals surface area contributed by atoms with Gasteiger partial charge in [0.1, 0.15) is 11.2 Å². The van der Waals surface area contributed by atoms with Crippen LogP contribution in [-0.4, -0.2) is 6.29 Å². The van der Waals surface area contributed by atoms with Crippen LogP contribution in [0.25, 0.3) is 21.9 Å². The SMILES string of the molecule is O=Cc1cc(Cl)cc2c(=O)c3ccccc3oc12. The number of rotatable bonds is 1. The number of halogens is 1. The van der Waals surface area contributed by atoms with Crippen molar-refractivity contribution in [1.29, 1.82) is 0 Å². The molecular formula is C14H7ClO3. The number of fused-ring (bicyclic) bond motifs is 2. The Balaban J connectivity index is 2.64. The predicted molar refractivity (Wildman–Crippen MR) is 70.4 cm³/mol. The molecular weight excluding hydrogens is 252 g/mol. The molecule has 2 aromatic carbocycles. The summed E-state index contributed by atoms with van der Waals surface area (Å²) in [5.41, 5.74) is 0.830. The summed E-state index contributed by atoms with van der Waals surface area (Å²) >= 11 is 5.89. The van der Waals surface area contributed by atoms with Crippen molar-refractivity contribution >= 4 is 39.8 Å². The van der Waals surface area contributed by atoms with Gasteiger partial charge in [0, 0.05) is 5.02 Å². The zero-order chi connectivity index (χ0) is 12.7. The monoisotopic (exact) mass is 258 g/mol. The third-order valence-electron chi connectivity index (χ3n) is 2.80. The Hall–Kier alpha value is -2.13. The number of para-hydroxylation sites is 1. The number of hydrogen-bond acceptors (Lipinski definition) is 3. The number of carbonyl (C=O) groups excluding carboxylic acids is 1. The normalized spacial score (nSPS) is 10.9. The molecule has 0 aliphatic rings. The van der Waals surface area contributed by atoms with Crippen LogP contribution in [0.5, 0.6) is 0 Å². The molecule has 0 N–H and O–H groups in total. The highest BCUT2D eigenvalue weighted by atomic mass is 35.5. The third kappa shape index (κ3) is 1.52. The zero-order valence-corrected chi connectivity index (χ0v) is 9.90. The first-order valence-electron chi connectivity index (χ1n) is 5.31. The molecule has 0 amide bonds. The van der Waals surface area contributed by atoms with Gasteiger partial charge in [-0.1, -0.05) is 23.7 Å². The van der Waals surface area contributed by atoms with E-state index < -0.39 is 0 Å². The standard InChI is InChI=1S/C14H7ClO3/c15-9-5-8(7-16)14-11(6-9)13(17)10-3-1-2-4-12(10)18-14/h1-7H. The van der Waals surface area contributed by atoms with Gasteiger partial charge in [-0.25, -0.2) is 0 Å². The molecule has 0 aliphatic carbocycles. The second kappa shape index (κ2) is 3.96. The van der Waals surface area contributed by atoms with Gasteiger partial charge in [0.25, 0.3) is 0 Å². The number of hydrogen-bond donors (Lipinski definition) is 0. The van der Waals surface area contributed by atoms with E-state index in [1.165, 1.54) is 12.1 Å². The number of benzene rings is 2. The maximum Gasteiger partial charge on any atom is 0.200 e. The zero-order valence-electron chi connectivity index (χ0n) is 9.14. The molecule has 88 valence electrons. The van der Waals surface area contributed by atoms with E-state index in [1.54, 1.807) is 24.3 Å². The molecule has 4 heteroatoms. The Kier molecular flexibility index (Phi) is 2.42. The van der Waals surface area contributed by atoms with E-state index in [0.29, 0.717) is 27.7 Å². The summed E-state index contributed by atoms with van der Waals surface area (Å²) in [5, 5.41) is 1.14. The van der Waals surface area contributed by atoms with Crippen LogP contribution in [-0.2, 0) is 0 Å². The Morgan fingerprint density at radius 2 is 1.89 bits per heavy atom. The molecule has 0 bridgehead atoms. The highest BCUT2D eigenvalue weighted by Crippen LogP contribution is 2.24. The molecule has 0 atom stereocenters. The van der Waals surface area contributed by atoms with Crippen LogP contribution < -0.4 is 5.43 Å². The fraction of sp³-hybridized carbons (Fsp3) is 0. The van der Waals surface area contributed by atoms with Crippen LogP contribution in [0.15, 0.2) is 45.6 Å². The van der Waals surface area contributed by atoms with E-state index in [9.17, 15) is 9.59 Å². The maximum atomic E-state index is 12.3. The van der Waals surface area contributed by atoms with Gasteiger partial charge >= 0.3 is 0 Å². The second-order valence-corrected chi connectivity index (χ2v) is 4.35. The van der Waals surface area contributed by atoms with E-state index in [0.717, 1.165) is 0 Å². The molecule has 0 radical (unpaired) electrons. The number of aldehydes is 1. The molecule has 18 heavy (non-hydrogen) atoms. The summed E-state index contributed by atoms with van der Waals surface area (Å²) in [7, 11) is 0. The second-order valence-electron chi connectivity index (χ2n) is 3.92. The van der Waals surface area contributed by atoms with Crippen LogP contribution in [0.2, 0.25) is 5.02 Å². The largest absolute Gasteiger partial charge is 0.455 e. The van der Waals surface area contributed by atoms with Crippen molar-refractivity contribution in [3.05, 3.63) is 57.2 Å². The minimum absolute atomic E-state index is 0.183. The van der Waals surface area contributed by atoms with Gasteiger partial charge in [-0.15, -0.1) is 0 Å². The fourth-order valence-electron chi connectivity index (χ4n) is 1.98. The molecule has 0 spiro atoms. The minimum atomic E-state index is -0.183. The highest BCUT2D eigenvalue weighted by molar-refractivity contribution is 6.31. The summed E-state index contributed by atoms with van der Waals surface area (Å²) in [5.74, 6) is 0. The van der Waals surface area contributed by atoms with Gasteiger partial charge in [0.15, 0.2) is 6.29 Å². The lowest BCUT2D eigenvalue weighted by atomic mass is 10.1. The molecule has 0 saturated carbocycles. The molecule has 0 fully saturated rings. The van der Waals surface area contributed by atoms with Crippen molar-refractivity contribution < 1.29 is 9.21 Å². The third-order valence-corrected chi connectivity index (χ3v) is 3.02. The first-order valence-corrected chi connectivity index (χ1v) is 5.69. The van der Waals surface area contributed by atoms with Crippen LogP contribution in [0.3, 0.4) is 0 Å². The maximum absolute atomic E-state index is 12.3. The average molecular weight is 259 g/mol. The van der Waals surface area contributed by atoms with Crippen molar-refractivity contribution in [2.24, 2.45) is 0 Å². The molecule has 3 rings (SSSR count). The lowest BCUT2D eigenvalue weighted by Gasteiger charge is -2.03. The van der Waals surface area contributed by atoms with Crippen molar-refractivity contribution in [2.75, 3.05) is 0 Å². The van der Waals surface area contributed by atoms with E-state index in [1.807, 2.05) is 0 Å². The van der Waals surface area contributed by atoms with Crippen LogP contribution in [0.4, 0.5) is 0 Å². The van der Waals surface area contributed by atoms with Gasteiger partial charge < -0.3 is 4.42 Å². The molecule has 3 nitrogen and oxygen atoms in total. The van der Waals surface area contributed by atoms with Crippen LogP contribution in [0, 0.1) is 0 Å². The fourth-order valence-corrected chi connectivity index (χ4v) is 2.21. The summed E-state index contributed by atoms with van der Waals surface area (Å²) in [6.07, 6.45) is 0.631. The lowest BCUT2D eigenvalue weighted by Crippen LogP contribution is -2.03. The van der Waals surface area contributed by atoms with Crippen molar-refractivity contribution in [2.45, 2.75) is 0 Å². The Morgan fingerprint density at radius 1 is 1.11 bits per heavy atom. The molecule has 0 saturated heterocycles. The van der Waals surface area contributed by atoms with Gasteiger partial charge in [-0.2, -0.15) is 0 Å². The summed E-state index contributed by atoms with van der Waals surface area (Å²) in [6, 6.07) is 9.90. The average Bonchev–Trinajstić information content (AvgIpc) is 2.39. The van der Waals surface area contributed by atoms with Gasteiger partial charge in [0.05, 0.1) is 16.3 Å². The first-order chi connectivity index (χ1) is 8.70. The highest BCUT2D eigenvalue weighted by Gasteiger charge is 2.11. The molecule has 3 aromatic rings. The van der Waals surface area contributed by atoms with Gasteiger partial charge in [0.2, 0.25) is 5.43 Å². The molecule has 1 aromatic heterocycles. The topological polar surface area (TPSA) is 47.3 Å². The van der Waals surface area contributed by atoms with Crippen LogP contribution >= 0.6 is 11.6 Å².